The summed E-state index contributed by atoms with van der Waals surface area (Å²) in [4.78, 5) is 13.0. The molecule has 0 amide bonds. The lowest BCUT2D eigenvalue weighted by Crippen LogP contribution is -2.43. The molecule has 3 rings (SSSR count). The molecule has 3 aromatic carbocycles. The average molecular weight is 508 g/mol. The van der Waals surface area contributed by atoms with Crippen molar-refractivity contribution in [3.8, 4) is 0 Å². The summed E-state index contributed by atoms with van der Waals surface area (Å²) < 4.78 is 33.4. The first kappa shape index (κ1) is 26.8. The lowest BCUT2D eigenvalue weighted by molar-refractivity contribution is -0.157. The van der Waals surface area contributed by atoms with Crippen molar-refractivity contribution in [3.63, 3.8) is 0 Å². The fourth-order valence-electron chi connectivity index (χ4n) is 3.39. The van der Waals surface area contributed by atoms with Gasteiger partial charge in [0.05, 0.1) is 10.7 Å². The van der Waals surface area contributed by atoms with Crippen LogP contribution < -0.4 is 15.4 Å². The van der Waals surface area contributed by atoms with Gasteiger partial charge in [-0.15, -0.1) is 0 Å². The second-order valence-electron chi connectivity index (χ2n) is 9.52. The van der Waals surface area contributed by atoms with E-state index in [1.807, 2.05) is 58.0 Å². The van der Waals surface area contributed by atoms with Crippen LogP contribution in [0.15, 0.2) is 96.2 Å². The van der Waals surface area contributed by atoms with Crippen LogP contribution in [-0.4, -0.2) is 26.0 Å². The summed E-state index contributed by atoms with van der Waals surface area (Å²) in [5.41, 5.74) is 2.45. The first-order valence-corrected chi connectivity index (χ1v) is 13.1. The Balaban J connectivity index is 1.65. The molecule has 0 saturated carbocycles. The Labute approximate surface area is 213 Å². The molecule has 190 valence electrons. The second-order valence-corrected chi connectivity index (χ2v) is 11.2. The molecule has 0 saturated heterocycles. The summed E-state index contributed by atoms with van der Waals surface area (Å²) in [5, 5.41) is 6.24. The topological polar surface area (TPSA) is 96.5 Å². The van der Waals surface area contributed by atoms with Gasteiger partial charge in [-0.05, 0) is 69.7 Å². The maximum absolute atomic E-state index is 12.8. The maximum atomic E-state index is 12.8. The van der Waals surface area contributed by atoms with Gasteiger partial charge in [0.15, 0.2) is 0 Å². The van der Waals surface area contributed by atoms with Crippen LogP contribution in [0.1, 0.15) is 31.9 Å². The third-order valence-corrected chi connectivity index (χ3v) is 6.48. The number of carbonyl (C=O) groups is 1. The fraction of sp³-hybridized carbons (Fsp3) is 0.250. The van der Waals surface area contributed by atoms with Gasteiger partial charge in [-0.3, -0.25) is 4.72 Å². The molecule has 0 aromatic heterocycles. The van der Waals surface area contributed by atoms with Crippen molar-refractivity contribution in [2.24, 2.45) is 0 Å². The van der Waals surface area contributed by atoms with Crippen molar-refractivity contribution in [2.75, 3.05) is 10.0 Å². The third-order valence-electron chi connectivity index (χ3n) is 5.09. The molecule has 0 aliphatic rings. The molecule has 0 spiro atoms. The Morgan fingerprint density at radius 1 is 0.917 bits per heavy atom. The standard InChI is InChI=1S/C28H33N3O4S/c1-20-11-17-25(18-12-20)36(33,34)31-24-15-13-23(14-16-24)29-21(2)30-26(27(32)35-28(3,4)5)19-22-9-7-6-8-10-22/h6-18,26,29-31H,2,19H2,1,3-5H3/t26-/m1/s1. The summed E-state index contributed by atoms with van der Waals surface area (Å²) in [6, 6.07) is 22.4. The number of carbonyl (C=O) groups excluding carboxylic acids is 1. The lowest BCUT2D eigenvalue weighted by atomic mass is 10.1. The Hall–Kier alpha value is -3.78. The van der Waals surface area contributed by atoms with E-state index in [0.29, 0.717) is 23.6 Å². The molecular formula is C28H33N3O4S. The van der Waals surface area contributed by atoms with Crippen molar-refractivity contribution < 1.29 is 17.9 Å². The van der Waals surface area contributed by atoms with E-state index in [0.717, 1.165) is 11.1 Å². The molecule has 0 aliphatic heterocycles. The van der Waals surface area contributed by atoms with Crippen LogP contribution in [0, 0.1) is 6.92 Å². The van der Waals surface area contributed by atoms with Gasteiger partial charge in [0.25, 0.3) is 10.0 Å². The molecule has 0 radical (unpaired) electrons. The smallest absolute Gasteiger partial charge is 0.329 e. The summed E-state index contributed by atoms with van der Waals surface area (Å²) in [6.07, 6.45) is 0.427. The molecule has 0 bridgehead atoms. The summed E-state index contributed by atoms with van der Waals surface area (Å²) in [5.74, 6) is 0.0324. The van der Waals surface area contributed by atoms with Gasteiger partial charge in [0, 0.05) is 17.8 Å². The van der Waals surface area contributed by atoms with Crippen LogP contribution in [0.2, 0.25) is 0 Å². The number of rotatable bonds is 10. The van der Waals surface area contributed by atoms with Crippen LogP contribution in [0.4, 0.5) is 11.4 Å². The number of nitrogens with one attached hydrogen (secondary N) is 3. The van der Waals surface area contributed by atoms with E-state index < -0.39 is 21.7 Å². The zero-order valence-corrected chi connectivity index (χ0v) is 21.9. The van der Waals surface area contributed by atoms with E-state index in [1.165, 1.54) is 0 Å². The number of hydrogen-bond donors (Lipinski definition) is 3. The van der Waals surface area contributed by atoms with E-state index in [2.05, 4.69) is 21.9 Å². The van der Waals surface area contributed by atoms with Crippen molar-refractivity contribution in [2.45, 2.75) is 50.7 Å². The molecule has 36 heavy (non-hydrogen) atoms. The molecule has 0 fully saturated rings. The van der Waals surface area contributed by atoms with Crippen LogP contribution in [0.5, 0.6) is 0 Å². The lowest BCUT2D eigenvalue weighted by Gasteiger charge is -2.26. The van der Waals surface area contributed by atoms with Gasteiger partial charge in [0.1, 0.15) is 11.6 Å². The number of ether oxygens (including phenoxy) is 1. The van der Waals surface area contributed by atoms with E-state index >= 15 is 0 Å². The maximum Gasteiger partial charge on any atom is 0.329 e. The molecular weight excluding hydrogens is 474 g/mol. The Morgan fingerprint density at radius 3 is 2.08 bits per heavy atom. The average Bonchev–Trinajstić information content (AvgIpc) is 2.79. The van der Waals surface area contributed by atoms with Gasteiger partial charge >= 0.3 is 5.97 Å². The minimum atomic E-state index is -3.69. The molecule has 7 nitrogen and oxygen atoms in total. The van der Waals surface area contributed by atoms with Crippen molar-refractivity contribution in [1.29, 1.82) is 0 Å². The van der Waals surface area contributed by atoms with Crippen molar-refractivity contribution >= 4 is 27.4 Å². The largest absolute Gasteiger partial charge is 0.458 e. The van der Waals surface area contributed by atoms with E-state index in [-0.39, 0.29) is 10.9 Å². The minimum absolute atomic E-state index is 0.194. The van der Waals surface area contributed by atoms with Gasteiger partial charge < -0.3 is 15.4 Å². The molecule has 0 aliphatic carbocycles. The highest BCUT2D eigenvalue weighted by molar-refractivity contribution is 7.92. The van der Waals surface area contributed by atoms with Crippen LogP contribution in [-0.2, 0) is 26.0 Å². The monoisotopic (exact) mass is 507 g/mol. The predicted molar refractivity (Wildman–Crippen MR) is 144 cm³/mol. The zero-order valence-electron chi connectivity index (χ0n) is 21.0. The predicted octanol–water partition coefficient (Wildman–Crippen LogP) is 5.22. The Kier molecular flexibility index (Phi) is 8.42. The zero-order chi connectivity index (χ0) is 26.3. The van der Waals surface area contributed by atoms with E-state index in [1.54, 1.807) is 48.5 Å². The number of benzene rings is 3. The van der Waals surface area contributed by atoms with E-state index in [9.17, 15) is 13.2 Å². The van der Waals surface area contributed by atoms with Gasteiger partial charge in [-0.25, -0.2) is 13.2 Å². The SMILES string of the molecule is C=C(Nc1ccc(NS(=O)(=O)c2ccc(C)cc2)cc1)N[C@H](Cc1ccccc1)C(=O)OC(C)(C)C. The number of hydrogen-bond acceptors (Lipinski definition) is 6. The first-order chi connectivity index (χ1) is 16.9. The summed E-state index contributed by atoms with van der Waals surface area (Å²) >= 11 is 0. The normalized spacial score (nSPS) is 12.3. The number of sulfonamides is 1. The van der Waals surface area contributed by atoms with E-state index in [4.69, 9.17) is 4.74 Å². The van der Waals surface area contributed by atoms with Gasteiger partial charge in [0.2, 0.25) is 0 Å². The van der Waals surface area contributed by atoms with Gasteiger partial charge in [-0.1, -0.05) is 54.6 Å². The number of anilines is 2. The summed E-state index contributed by atoms with van der Waals surface area (Å²) in [7, 11) is -3.69. The number of esters is 1. The molecule has 0 unspecified atom stereocenters. The quantitative estimate of drug-likeness (QED) is 0.326. The summed E-state index contributed by atoms with van der Waals surface area (Å²) in [6.45, 7) is 11.4. The second kappa shape index (κ2) is 11.3. The van der Waals surface area contributed by atoms with Gasteiger partial charge in [-0.2, -0.15) is 0 Å². The highest BCUT2D eigenvalue weighted by atomic mass is 32.2. The Morgan fingerprint density at radius 2 is 1.50 bits per heavy atom. The molecule has 3 N–H and O–H groups in total. The third kappa shape index (κ3) is 8.16. The van der Waals surface area contributed by atoms with Crippen molar-refractivity contribution in [3.05, 3.63) is 102 Å². The Bertz CT molecular complexity index is 1280. The molecule has 8 heteroatoms. The van der Waals surface area contributed by atoms with Crippen LogP contribution >= 0.6 is 0 Å². The highest BCUT2D eigenvalue weighted by Crippen LogP contribution is 2.20. The fourth-order valence-corrected chi connectivity index (χ4v) is 4.45. The van der Waals surface area contributed by atoms with Crippen molar-refractivity contribution in [1.82, 2.24) is 5.32 Å². The molecule has 0 heterocycles. The van der Waals surface area contributed by atoms with Crippen LogP contribution in [0.25, 0.3) is 0 Å². The first-order valence-electron chi connectivity index (χ1n) is 11.6. The number of aryl methyl sites for hydroxylation is 1. The molecule has 1 atom stereocenters. The minimum Gasteiger partial charge on any atom is -0.458 e. The van der Waals surface area contributed by atoms with Crippen LogP contribution in [0.3, 0.4) is 0 Å². The molecule has 3 aromatic rings. The highest BCUT2D eigenvalue weighted by Gasteiger charge is 2.26.